The maximum absolute atomic E-state index is 6.12. The highest BCUT2D eigenvalue weighted by Gasteiger charge is 2.53. The third-order valence-corrected chi connectivity index (χ3v) is 9.20. The third-order valence-electron chi connectivity index (χ3n) is 9.20. The van der Waals surface area contributed by atoms with E-state index in [9.17, 15) is 0 Å². The molecule has 8 unspecified atom stereocenters. The average Bonchev–Trinajstić information content (AvgIpc) is 3.27. The Labute approximate surface area is 211 Å². The summed E-state index contributed by atoms with van der Waals surface area (Å²) in [5.41, 5.74) is 1.22. The van der Waals surface area contributed by atoms with E-state index < -0.39 is 0 Å². The largest absolute Gasteiger partial charge is 0.375 e. The van der Waals surface area contributed by atoms with Gasteiger partial charge in [0.25, 0.3) is 0 Å². The van der Waals surface area contributed by atoms with Gasteiger partial charge >= 0.3 is 0 Å². The molecule has 0 aliphatic carbocycles. The molecule has 0 spiro atoms. The molecule has 0 amide bonds. The minimum Gasteiger partial charge on any atom is -0.375 e. The molecule has 0 saturated carbocycles. The van der Waals surface area contributed by atoms with Gasteiger partial charge in [-0.05, 0) is 46.3 Å². The lowest BCUT2D eigenvalue weighted by Gasteiger charge is -2.47. The summed E-state index contributed by atoms with van der Waals surface area (Å²) in [4.78, 5) is 0. The molecule has 4 fully saturated rings. The maximum Gasteiger partial charge on any atom is 0.0895 e. The van der Waals surface area contributed by atoms with Crippen LogP contribution in [-0.4, -0.2) is 50.8 Å². The molecule has 4 heterocycles. The van der Waals surface area contributed by atoms with Gasteiger partial charge in [-0.2, -0.15) is 0 Å². The lowest BCUT2D eigenvalue weighted by Crippen LogP contribution is -2.50. The van der Waals surface area contributed by atoms with Crippen molar-refractivity contribution in [3.05, 3.63) is 0 Å². The summed E-state index contributed by atoms with van der Waals surface area (Å²) in [6, 6.07) is 0. The fourth-order valence-corrected chi connectivity index (χ4v) is 6.02. The average molecular weight is 481 g/mol. The molecule has 0 N–H and O–H groups in total. The van der Waals surface area contributed by atoms with E-state index >= 15 is 0 Å². The Morgan fingerprint density at radius 2 is 0.735 bits per heavy atom. The summed E-state index contributed by atoms with van der Waals surface area (Å²) >= 11 is 0. The lowest BCUT2D eigenvalue weighted by atomic mass is 9.72. The van der Waals surface area contributed by atoms with Gasteiger partial charge in [0, 0.05) is 11.8 Å². The van der Waals surface area contributed by atoms with Crippen LogP contribution in [0.3, 0.4) is 0 Å². The molecule has 4 nitrogen and oxygen atoms in total. The topological polar surface area (TPSA) is 36.9 Å². The van der Waals surface area contributed by atoms with Crippen molar-refractivity contribution >= 4 is 0 Å². The molecule has 200 valence electrons. The fourth-order valence-electron chi connectivity index (χ4n) is 6.02. The van der Waals surface area contributed by atoms with E-state index in [1.807, 2.05) is 0 Å². The normalized spacial score (nSPS) is 39.2. The predicted octanol–water partition coefficient (Wildman–Crippen LogP) is 7.00. The standard InChI is InChI=1S/C16H30O2.C14H26O2/c1-15(2,3)11-7-13-14(17-9-11)8-12(10-18-13)16(4,5)6;1-13(2,3)9-7-15-12-10(14(4,5)6)8-16-11(9)12/h11-14H,7-10H2,1-6H3;9-12H,7-8H2,1-6H3. The van der Waals surface area contributed by atoms with Crippen molar-refractivity contribution < 1.29 is 18.9 Å². The number of hydrogen-bond acceptors (Lipinski definition) is 4. The summed E-state index contributed by atoms with van der Waals surface area (Å²) < 4.78 is 24.3. The Hall–Kier alpha value is -0.160. The van der Waals surface area contributed by atoms with Crippen LogP contribution in [0.2, 0.25) is 0 Å². The summed E-state index contributed by atoms with van der Waals surface area (Å²) in [5.74, 6) is 2.35. The zero-order chi connectivity index (χ0) is 25.7. The SMILES string of the molecule is CC(C)(C)C1COC2C1OCC2C(C)(C)C.CC(C)(C)C1COC2CC(C(C)(C)C)COC2C1. The second-order valence-corrected chi connectivity index (χ2v) is 15.9. The number of rotatable bonds is 0. The van der Waals surface area contributed by atoms with E-state index in [4.69, 9.17) is 18.9 Å². The van der Waals surface area contributed by atoms with Gasteiger partial charge < -0.3 is 18.9 Å². The second kappa shape index (κ2) is 9.95. The van der Waals surface area contributed by atoms with E-state index in [-0.39, 0.29) is 10.8 Å². The summed E-state index contributed by atoms with van der Waals surface area (Å²) in [6.45, 7) is 31.1. The van der Waals surface area contributed by atoms with Gasteiger partial charge in [0.2, 0.25) is 0 Å². The molecule has 4 aliphatic heterocycles. The molecule has 4 saturated heterocycles. The van der Waals surface area contributed by atoms with Crippen molar-refractivity contribution in [2.45, 2.75) is 120 Å². The van der Waals surface area contributed by atoms with Crippen molar-refractivity contribution in [1.82, 2.24) is 0 Å². The molecule has 4 aliphatic rings. The van der Waals surface area contributed by atoms with Crippen molar-refractivity contribution in [3.63, 3.8) is 0 Å². The Morgan fingerprint density at radius 1 is 0.412 bits per heavy atom. The van der Waals surface area contributed by atoms with Gasteiger partial charge in [-0.25, -0.2) is 0 Å². The molecular formula is C30H56O4. The molecular weight excluding hydrogens is 424 g/mol. The first-order valence-electron chi connectivity index (χ1n) is 13.9. The first kappa shape index (κ1) is 28.4. The maximum atomic E-state index is 6.12. The Bertz CT molecular complexity index is 601. The monoisotopic (exact) mass is 480 g/mol. The van der Waals surface area contributed by atoms with Crippen LogP contribution in [0.5, 0.6) is 0 Å². The highest BCUT2D eigenvalue weighted by atomic mass is 16.6. The van der Waals surface area contributed by atoms with Gasteiger partial charge in [-0.15, -0.1) is 0 Å². The fraction of sp³-hybridized carbons (Fsp3) is 1.00. The molecule has 0 aromatic carbocycles. The van der Waals surface area contributed by atoms with Crippen molar-refractivity contribution in [2.24, 2.45) is 45.3 Å². The molecule has 0 aromatic heterocycles. The van der Waals surface area contributed by atoms with Crippen molar-refractivity contribution in [1.29, 1.82) is 0 Å². The van der Waals surface area contributed by atoms with Crippen LogP contribution < -0.4 is 0 Å². The van der Waals surface area contributed by atoms with Gasteiger partial charge in [-0.1, -0.05) is 83.1 Å². The first-order valence-corrected chi connectivity index (χ1v) is 13.9. The Balaban J connectivity index is 0.000000192. The lowest BCUT2D eigenvalue weighted by molar-refractivity contribution is -0.189. The molecule has 4 heteroatoms. The summed E-state index contributed by atoms with van der Waals surface area (Å²) in [5, 5.41) is 0. The molecule has 0 bridgehead atoms. The van der Waals surface area contributed by atoms with Crippen LogP contribution in [0.25, 0.3) is 0 Å². The van der Waals surface area contributed by atoms with Gasteiger partial charge in [0.15, 0.2) is 0 Å². The first-order chi connectivity index (χ1) is 15.4. The quantitative estimate of drug-likeness (QED) is 0.374. The van der Waals surface area contributed by atoms with Crippen LogP contribution in [-0.2, 0) is 18.9 Å². The number of fused-ring (bicyclic) bond motifs is 2. The third kappa shape index (κ3) is 6.58. The number of hydrogen-bond donors (Lipinski definition) is 0. The van der Waals surface area contributed by atoms with Crippen LogP contribution in [0, 0.1) is 45.3 Å². The second-order valence-electron chi connectivity index (χ2n) is 15.9. The van der Waals surface area contributed by atoms with Crippen molar-refractivity contribution in [3.8, 4) is 0 Å². The van der Waals surface area contributed by atoms with E-state index in [2.05, 4.69) is 83.1 Å². The zero-order valence-electron chi connectivity index (χ0n) is 24.5. The van der Waals surface area contributed by atoms with Crippen LogP contribution >= 0.6 is 0 Å². The van der Waals surface area contributed by atoms with Gasteiger partial charge in [0.05, 0.1) is 50.8 Å². The number of ether oxygens (including phenoxy) is 4. The predicted molar refractivity (Wildman–Crippen MR) is 140 cm³/mol. The van der Waals surface area contributed by atoms with Crippen LogP contribution in [0.1, 0.15) is 95.9 Å². The minimum absolute atomic E-state index is 0.284. The molecule has 34 heavy (non-hydrogen) atoms. The zero-order valence-corrected chi connectivity index (χ0v) is 24.5. The molecule has 4 rings (SSSR count). The van der Waals surface area contributed by atoms with Crippen LogP contribution in [0.4, 0.5) is 0 Å². The summed E-state index contributed by atoms with van der Waals surface area (Å²) in [7, 11) is 0. The van der Waals surface area contributed by atoms with Crippen LogP contribution in [0.15, 0.2) is 0 Å². The van der Waals surface area contributed by atoms with Gasteiger partial charge in [-0.3, -0.25) is 0 Å². The van der Waals surface area contributed by atoms with E-state index in [1.54, 1.807) is 0 Å². The van der Waals surface area contributed by atoms with Crippen molar-refractivity contribution in [2.75, 3.05) is 26.4 Å². The molecule has 0 radical (unpaired) electrons. The van der Waals surface area contributed by atoms with Gasteiger partial charge in [0.1, 0.15) is 0 Å². The molecule has 8 atom stereocenters. The highest BCUT2D eigenvalue weighted by molar-refractivity contribution is 5.00. The highest BCUT2D eigenvalue weighted by Crippen LogP contribution is 2.47. The van der Waals surface area contributed by atoms with E-state index in [1.165, 1.54) is 12.8 Å². The Morgan fingerprint density at radius 3 is 1.00 bits per heavy atom. The summed E-state index contributed by atoms with van der Waals surface area (Å²) in [6.07, 6.45) is 3.66. The Kier molecular flexibility index (Phi) is 8.32. The van der Waals surface area contributed by atoms with E-state index in [0.717, 1.165) is 26.4 Å². The van der Waals surface area contributed by atoms with E-state index in [0.29, 0.717) is 58.9 Å². The molecule has 0 aromatic rings. The minimum atomic E-state index is 0.284. The smallest absolute Gasteiger partial charge is 0.0895 e.